The van der Waals surface area contributed by atoms with Crippen LogP contribution < -0.4 is 19.5 Å². The summed E-state index contributed by atoms with van der Waals surface area (Å²) in [7, 11) is -3.77. The van der Waals surface area contributed by atoms with E-state index in [1.54, 1.807) is 37.3 Å². The summed E-state index contributed by atoms with van der Waals surface area (Å²) >= 11 is 0. The zero-order chi connectivity index (χ0) is 23.1. The molecule has 0 saturated heterocycles. The SMILES string of the molecule is CCOc1ccc(NS(=O)(=O)c2ccc(NC(=O)C(C)Oc3cccc(C)c3)cc2)cc1. The first-order chi connectivity index (χ1) is 15.3. The lowest BCUT2D eigenvalue weighted by Gasteiger charge is -2.15. The highest BCUT2D eigenvalue weighted by molar-refractivity contribution is 7.92. The molecule has 32 heavy (non-hydrogen) atoms. The number of nitrogens with one attached hydrogen (secondary N) is 2. The number of sulfonamides is 1. The second-order valence-electron chi connectivity index (χ2n) is 7.15. The van der Waals surface area contributed by atoms with Gasteiger partial charge >= 0.3 is 0 Å². The Hall–Kier alpha value is -3.52. The van der Waals surface area contributed by atoms with E-state index >= 15 is 0 Å². The van der Waals surface area contributed by atoms with E-state index in [1.165, 1.54) is 24.3 Å². The Balaban J connectivity index is 1.61. The Morgan fingerprint density at radius 2 is 1.59 bits per heavy atom. The minimum atomic E-state index is -3.77. The summed E-state index contributed by atoms with van der Waals surface area (Å²) in [5, 5.41) is 2.73. The van der Waals surface area contributed by atoms with Crippen LogP contribution >= 0.6 is 0 Å². The van der Waals surface area contributed by atoms with E-state index in [9.17, 15) is 13.2 Å². The zero-order valence-corrected chi connectivity index (χ0v) is 19.0. The maximum Gasteiger partial charge on any atom is 0.265 e. The molecule has 0 aromatic heterocycles. The normalized spacial score (nSPS) is 12.0. The van der Waals surface area contributed by atoms with Gasteiger partial charge in [-0.05, 0) is 87.0 Å². The molecule has 3 rings (SSSR count). The molecule has 0 aliphatic carbocycles. The lowest BCUT2D eigenvalue weighted by Crippen LogP contribution is -2.30. The molecule has 0 bridgehead atoms. The molecular formula is C24H26N2O5S. The number of anilines is 2. The molecule has 0 radical (unpaired) electrons. The third-order valence-electron chi connectivity index (χ3n) is 4.52. The second kappa shape index (κ2) is 10.2. The Bertz CT molecular complexity index is 1160. The van der Waals surface area contributed by atoms with Crippen molar-refractivity contribution in [2.24, 2.45) is 0 Å². The first kappa shape index (κ1) is 23.1. The highest BCUT2D eigenvalue weighted by Gasteiger charge is 2.17. The van der Waals surface area contributed by atoms with E-state index in [4.69, 9.17) is 9.47 Å². The molecule has 3 aromatic rings. The van der Waals surface area contributed by atoms with Crippen LogP contribution in [0.5, 0.6) is 11.5 Å². The first-order valence-corrected chi connectivity index (χ1v) is 11.6. The quantitative estimate of drug-likeness (QED) is 0.493. The molecule has 1 atom stereocenters. The van der Waals surface area contributed by atoms with Crippen LogP contribution in [0, 0.1) is 6.92 Å². The molecule has 0 saturated carbocycles. The Morgan fingerprint density at radius 3 is 2.22 bits per heavy atom. The summed E-state index contributed by atoms with van der Waals surface area (Å²) in [5.41, 5.74) is 1.92. The van der Waals surface area contributed by atoms with Crippen LogP contribution in [0.25, 0.3) is 0 Å². The summed E-state index contributed by atoms with van der Waals surface area (Å²) in [4.78, 5) is 12.5. The Morgan fingerprint density at radius 1 is 0.938 bits per heavy atom. The third kappa shape index (κ3) is 6.24. The lowest BCUT2D eigenvalue weighted by molar-refractivity contribution is -0.122. The minimum absolute atomic E-state index is 0.0773. The summed E-state index contributed by atoms with van der Waals surface area (Å²) in [6.07, 6.45) is -0.721. The number of ether oxygens (including phenoxy) is 2. The predicted octanol–water partition coefficient (Wildman–Crippen LogP) is 4.60. The zero-order valence-electron chi connectivity index (χ0n) is 18.2. The van der Waals surface area contributed by atoms with Gasteiger partial charge < -0.3 is 14.8 Å². The summed E-state index contributed by atoms with van der Waals surface area (Å²) in [5.74, 6) is 0.931. The van der Waals surface area contributed by atoms with Crippen molar-refractivity contribution < 1.29 is 22.7 Å². The first-order valence-electron chi connectivity index (χ1n) is 10.2. The average molecular weight is 455 g/mol. The summed E-state index contributed by atoms with van der Waals surface area (Å²) in [6.45, 7) is 6.00. The average Bonchev–Trinajstić information content (AvgIpc) is 2.75. The van der Waals surface area contributed by atoms with Crippen molar-refractivity contribution >= 4 is 27.3 Å². The van der Waals surface area contributed by atoms with Crippen LogP contribution in [0.15, 0.2) is 77.7 Å². The van der Waals surface area contributed by atoms with Crippen LogP contribution in [0.4, 0.5) is 11.4 Å². The molecule has 0 aliphatic heterocycles. The van der Waals surface area contributed by atoms with Gasteiger partial charge in [-0.2, -0.15) is 0 Å². The van der Waals surface area contributed by atoms with Crippen LogP contribution in [0.2, 0.25) is 0 Å². The van der Waals surface area contributed by atoms with Crippen molar-refractivity contribution in [3.05, 3.63) is 78.4 Å². The smallest absolute Gasteiger partial charge is 0.265 e. The largest absolute Gasteiger partial charge is 0.494 e. The standard InChI is InChI=1S/C24H26N2O5S/c1-4-30-21-12-8-20(9-13-21)26-32(28,29)23-14-10-19(11-15-23)25-24(27)18(3)31-22-7-5-6-17(2)16-22/h5-16,18,26H,4H2,1-3H3,(H,25,27). The molecule has 2 N–H and O–H groups in total. The molecule has 1 unspecified atom stereocenters. The molecule has 0 spiro atoms. The number of carbonyl (C=O) groups is 1. The van der Waals surface area contributed by atoms with E-state index in [1.807, 2.05) is 32.0 Å². The summed E-state index contributed by atoms with van der Waals surface area (Å²) in [6, 6.07) is 20.0. The van der Waals surface area contributed by atoms with Crippen molar-refractivity contribution in [3.8, 4) is 11.5 Å². The van der Waals surface area contributed by atoms with E-state index < -0.39 is 16.1 Å². The predicted molar refractivity (Wildman–Crippen MR) is 125 cm³/mol. The van der Waals surface area contributed by atoms with Crippen LogP contribution in [0.3, 0.4) is 0 Å². The van der Waals surface area contributed by atoms with Crippen molar-refractivity contribution in [3.63, 3.8) is 0 Å². The molecule has 0 aliphatic rings. The third-order valence-corrected chi connectivity index (χ3v) is 5.92. The number of amides is 1. The maximum absolute atomic E-state index is 12.6. The Kier molecular flexibility index (Phi) is 7.37. The van der Waals surface area contributed by atoms with Gasteiger partial charge in [0.2, 0.25) is 0 Å². The van der Waals surface area contributed by atoms with E-state index in [0.717, 1.165) is 5.56 Å². The highest BCUT2D eigenvalue weighted by atomic mass is 32.2. The number of rotatable bonds is 9. The summed E-state index contributed by atoms with van der Waals surface area (Å²) < 4.78 is 38.8. The van der Waals surface area contributed by atoms with E-state index in [2.05, 4.69) is 10.0 Å². The molecule has 0 fully saturated rings. The van der Waals surface area contributed by atoms with Gasteiger partial charge in [-0.1, -0.05) is 12.1 Å². The number of carbonyl (C=O) groups excluding carboxylic acids is 1. The number of aryl methyl sites for hydroxylation is 1. The van der Waals surface area contributed by atoms with Crippen LogP contribution in [-0.4, -0.2) is 27.0 Å². The fourth-order valence-electron chi connectivity index (χ4n) is 2.91. The van der Waals surface area contributed by atoms with E-state index in [0.29, 0.717) is 29.5 Å². The van der Waals surface area contributed by atoms with Crippen LogP contribution in [0.1, 0.15) is 19.4 Å². The molecule has 7 nitrogen and oxygen atoms in total. The lowest BCUT2D eigenvalue weighted by atomic mass is 10.2. The number of hydrogen-bond donors (Lipinski definition) is 2. The van der Waals surface area contributed by atoms with Gasteiger partial charge in [-0.15, -0.1) is 0 Å². The molecule has 3 aromatic carbocycles. The monoisotopic (exact) mass is 454 g/mol. The molecule has 168 valence electrons. The molecule has 1 amide bonds. The van der Waals surface area contributed by atoms with Gasteiger partial charge in [0.05, 0.1) is 11.5 Å². The van der Waals surface area contributed by atoms with Crippen molar-refractivity contribution in [2.45, 2.75) is 31.8 Å². The van der Waals surface area contributed by atoms with Gasteiger partial charge in [0.25, 0.3) is 15.9 Å². The maximum atomic E-state index is 12.6. The number of hydrogen-bond acceptors (Lipinski definition) is 5. The van der Waals surface area contributed by atoms with Crippen molar-refractivity contribution in [1.29, 1.82) is 0 Å². The molecule has 0 heterocycles. The topological polar surface area (TPSA) is 93.7 Å². The van der Waals surface area contributed by atoms with Crippen LogP contribution in [-0.2, 0) is 14.8 Å². The number of benzene rings is 3. The van der Waals surface area contributed by atoms with Gasteiger partial charge in [-0.25, -0.2) is 8.42 Å². The van der Waals surface area contributed by atoms with Gasteiger partial charge in [0.1, 0.15) is 11.5 Å². The fourth-order valence-corrected chi connectivity index (χ4v) is 3.97. The Labute approximate surface area is 188 Å². The molecule has 8 heteroatoms. The van der Waals surface area contributed by atoms with E-state index in [-0.39, 0.29) is 10.8 Å². The van der Waals surface area contributed by atoms with Crippen molar-refractivity contribution in [1.82, 2.24) is 0 Å². The second-order valence-corrected chi connectivity index (χ2v) is 8.84. The van der Waals surface area contributed by atoms with Crippen molar-refractivity contribution in [2.75, 3.05) is 16.6 Å². The van der Waals surface area contributed by atoms with Gasteiger partial charge in [0, 0.05) is 11.4 Å². The molecular weight excluding hydrogens is 428 g/mol. The van der Waals surface area contributed by atoms with Gasteiger partial charge in [-0.3, -0.25) is 9.52 Å². The van der Waals surface area contributed by atoms with Gasteiger partial charge in [0.15, 0.2) is 6.10 Å². The highest BCUT2D eigenvalue weighted by Crippen LogP contribution is 2.21. The fraction of sp³-hybridized carbons (Fsp3) is 0.208. The minimum Gasteiger partial charge on any atom is -0.494 e.